The van der Waals surface area contributed by atoms with Gasteiger partial charge in [-0.1, -0.05) is 164 Å². The number of anilines is 3. The molecule has 0 unspecified atom stereocenters. The summed E-state index contributed by atoms with van der Waals surface area (Å²) in [6.45, 7) is 2.35. The van der Waals surface area contributed by atoms with Crippen molar-refractivity contribution in [3.63, 3.8) is 0 Å². The molecule has 0 N–H and O–H groups in total. The first-order valence-corrected chi connectivity index (χ1v) is 20.0. The predicted octanol–water partition coefficient (Wildman–Crippen LogP) is 15.4. The Morgan fingerprint density at radius 2 is 0.793 bits per heavy atom. The molecule has 0 amide bonds. The van der Waals surface area contributed by atoms with Gasteiger partial charge in [-0.15, -0.1) is 0 Å². The van der Waals surface area contributed by atoms with Crippen molar-refractivity contribution >= 4 is 39.0 Å². The highest BCUT2D eigenvalue weighted by Crippen LogP contribution is 2.52. The molecular formula is C56H39NO. The smallest absolute Gasteiger partial charge is 0.136 e. The Labute approximate surface area is 338 Å². The number of nitrogens with zero attached hydrogens (tertiary/aromatic N) is 1. The monoisotopic (exact) mass is 741 g/mol. The number of hydrogen-bond donors (Lipinski definition) is 0. The summed E-state index contributed by atoms with van der Waals surface area (Å²) >= 11 is 0. The third kappa shape index (κ3) is 5.56. The quantitative estimate of drug-likeness (QED) is 0.162. The topological polar surface area (TPSA) is 16.4 Å². The molecule has 274 valence electrons. The van der Waals surface area contributed by atoms with E-state index in [1.54, 1.807) is 0 Å². The molecule has 0 atom stereocenters. The number of rotatable bonds is 7. The fraction of sp³-hybridized carbons (Fsp3) is 0.0357. The van der Waals surface area contributed by atoms with Crippen molar-refractivity contribution in [3.8, 4) is 44.5 Å². The Balaban J connectivity index is 0.949. The number of furan rings is 1. The fourth-order valence-corrected chi connectivity index (χ4v) is 9.17. The highest BCUT2D eigenvalue weighted by atomic mass is 16.3. The van der Waals surface area contributed by atoms with Crippen molar-refractivity contribution in [1.82, 2.24) is 0 Å². The minimum absolute atomic E-state index is 0.270. The van der Waals surface area contributed by atoms with E-state index in [-0.39, 0.29) is 5.41 Å². The molecule has 1 aromatic heterocycles. The minimum atomic E-state index is -0.270. The van der Waals surface area contributed by atoms with Gasteiger partial charge in [0.15, 0.2) is 0 Å². The van der Waals surface area contributed by atoms with E-state index in [4.69, 9.17) is 4.42 Å². The standard InChI is InChI=1S/C56H39NO/c1-56(52-21-10-8-19-48(52)49-20-9-11-22-53(49)56)44-28-34-51-50-33-27-43(36-54(50)58-55(51)37-44)41-25-31-46(32-26-41)57(45-29-23-40(24-30-45)38-13-4-2-5-14-38)47-18-12-17-42(35-47)39-15-6-3-7-16-39/h2-37H,1H3. The van der Waals surface area contributed by atoms with Crippen LogP contribution in [-0.2, 0) is 5.41 Å². The van der Waals surface area contributed by atoms with Crippen LogP contribution in [0.1, 0.15) is 23.6 Å². The molecule has 1 aliphatic carbocycles. The van der Waals surface area contributed by atoms with Crippen LogP contribution in [0.25, 0.3) is 66.4 Å². The van der Waals surface area contributed by atoms with Crippen molar-refractivity contribution in [2.75, 3.05) is 4.90 Å². The molecule has 0 fully saturated rings. The van der Waals surface area contributed by atoms with Crippen LogP contribution in [0.5, 0.6) is 0 Å². The molecule has 1 aliphatic rings. The molecule has 2 nitrogen and oxygen atoms in total. The van der Waals surface area contributed by atoms with Gasteiger partial charge in [0.2, 0.25) is 0 Å². The van der Waals surface area contributed by atoms with Gasteiger partial charge in [-0.25, -0.2) is 0 Å². The van der Waals surface area contributed by atoms with E-state index in [1.165, 1.54) is 50.1 Å². The van der Waals surface area contributed by atoms with Gasteiger partial charge >= 0.3 is 0 Å². The maximum atomic E-state index is 6.69. The van der Waals surface area contributed by atoms with Crippen LogP contribution in [0.3, 0.4) is 0 Å². The van der Waals surface area contributed by atoms with Crippen LogP contribution in [-0.4, -0.2) is 0 Å². The second-order valence-electron chi connectivity index (χ2n) is 15.5. The Kier molecular flexibility index (Phi) is 7.97. The van der Waals surface area contributed by atoms with E-state index in [2.05, 4.69) is 230 Å². The van der Waals surface area contributed by atoms with E-state index >= 15 is 0 Å². The molecule has 11 rings (SSSR count). The Morgan fingerprint density at radius 3 is 1.41 bits per heavy atom. The number of fused-ring (bicyclic) bond motifs is 6. The van der Waals surface area contributed by atoms with Gasteiger partial charge in [0, 0.05) is 33.2 Å². The molecule has 0 spiro atoms. The zero-order chi connectivity index (χ0) is 38.6. The lowest BCUT2D eigenvalue weighted by molar-refractivity contribution is 0.662. The van der Waals surface area contributed by atoms with E-state index in [9.17, 15) is 0 Å². The molecule has 1 heterocycles. The highest BCUT2D eigenvalue weighted by Gasteiger charge is 2.40. The van der Waals surface area contributed by atoms with Crippen molar-refractivity contribution in [3.05, 3.63) is 235 Å². The van der Waals surface area contributed by atoms with Crippen molar-refractivity contribution < 1.29 is 4.42 Å². The summed E-state index contributed by atoms with van der Waals surface area (Å²) in [5, 5.41) is 2.26. The summed E-state index contributed by atoms with van der Waals surface area (Å²) in [7, 11) is 0. The number of hydrogen-bond acceptors (Lipinski definition) is 2. The zero-order valence-electron chi connectivity index (χ0n) is 32.1. The molecular weight excluding hydrogens is 703 g/mol. The summed E-state index contributed by atoms with van der Waals surface area (Å²) in [5.41, 5.74) is 18.4. The predicted molar refractivity (Wildman–Crippen MR) is 242 cm³/mol. The molecule has 58 heavy (non-hydrogen) atoms. The first-order chi connectivity index (χ1) is 28.6. The summed E-state index contributed by atoms with van der Waals surface area (Å²) < 4.78 is 6.69. The van der Waals surface area contributed by atoms with Gasteiger partial charge in [-0.05, 0) is 123 Å². The Bertz CT molecular complexity index is 3060. The van der Waals surface area contributed by atoms with E-state index in [0.717, 1.165) is 50.1 Å². The summed E-state index contributed by atoms with van der Waals surface area (Å²) in [5.74, 6) is 0. The third-order valence-electron chi connectivity index (χ3n) is 12.2. The lowest BCUT2D eigenvalue weighted by atomic mass is 9.74. The Morgan fingerprint density at radius 1 is 0.345 bits per heavy atom. The van der Waals surface area contributed by atoms with Gasteiger partial charge in [-0.3, -0.25) is 0 Å². The summed E-state index contributed by atoms with van der Waals surface area (Å²) in [6, 6.07) is 78.7. The first kappa shape index (κ1) is 33.9. The van der Waals surface area contributed by atoms with Gasteiger partial charge in [0.25, 0.3) is 0 Å². The van der Waals surface area contributed by atoms with Gasteiger partial charge in [-0.2, -0.15) is 0 Å². The van der Waals surface area contributed by atoms with Crippen LogP contribution in [0.4, 0.5) is 17.1 Å². The highest BCUT2D eigenvalue weighted by molar-refractivity contribution is 6.06. The summed E-state index contributed by atoms with van der Waals surface area (Å²) in [6.07, 6.45) is 0. The zero-order valence-corrected chi connectivity index (χ0v) is 32.1. The van der Waals surface area contributed by atoms with Crippen LogP contribution in [0.2, 0.25) is 0 Å². The molecule has 0 radical (unpaired) electrons. The average Bonchev–Trinajstić information content (AvgIpc) is 3.80. The average molecular weight is 742 g/mol. The van der Waals surface area contributed by atoms with Crippen molar-refractivity contribution in [2.24, 2.45) is 0 Å². The van der Waals surface area contributed by atoms with Crippen molar-refractivity contribution in [1.29, 1.82) is 0 Å². The third-order valence-corrected chi connectivity index (χ3v) is 12.2. The maximum Gasteiger partial charge on any atom is 0.136 e. The molecule has 0 aliphatic heterocycles. The lowest BCUT2D eigenvalue weighted by Gasteiger charge is -2.28. The van der Waals surface area contributed by atoms with Crippen molar-refractivity contribution in [2.45, 2.75) is 12.3 Å². The molecule has 10 aromatic rings. The van der Waals surface area contributed by atoms with Crippen LogP contribution in [0.15, 0.2) is 223 Å². The van der Waals surface area contributed by atoms with Gasteiger partial charge in [0.1, 0.15) is 11.2 Å². The first-order valence-electron chi connectivity index (χ1n) is 20.0. The van der Waals surface area contributed by atoms with E-state index in [1.807, 2.05) is 0 Å². The minimum Gasteiger partial charge on any atom is -0.456 e. The van der Waals surface area contributed by atoms with Crippen LogP contribution in [0, 0.1) is 0 Å². The summed E-state index contributed by atoms with van der Waals surface area (Å²) in [4.78, 5) is 2.34. The lowest BCUT2D eigenvalue weighted by Crippen LogP contribution is -2.22. The second-order valence-corrected chi connectivity index (χ2v) is 15.5. The van der Waals surface area contributed by atoms with Crippen LogP contribution >= 0.6 is 0 Å². The molecule has 0 bridgehead atoms. The van der Waals surface area contributed by atoms with E-state index < -0.39 is 0 Å². The SMILES string of the molecule is CC1(c2ccc3c(c2)oc2cc(-c4ccc(N(c5ccc(-c6ccccc6)cc5)c5cccc(-c6ccccc6)c5)cc4)ccc23)c2ccccc2-c2ccccc21. The maximum absolute atomic E-state index is 6.69. The van der Waals surface area contributed by atoms with Gasteiger partial charge < -0.3 is 9.32 Å². The largest absolute Gasteiger partial charge is 0.456 e. The van der Waals surface area contributed by atoms with Crippen LogP contribution < -0.4 is 4.90 Å². The normalized spacial score (nSPS) is 12.7. The van der Waals surface area contributed by atoms with Gasteiger partial charge in [0.05, 0.1) is 0 Å². The molecule has 2 heteroatoms. The molecule has 9 aromatic carbocycles. The second kappa shape index (κ2) is 13.7. The van der Waals surface area contributed by atoms with E-state index in [0.29, 0.717) is 0 Å². The molecule has 0 saturated heterocycles. The number of benzene rings is 9. The Hall–Kier alpha value is -7.42. The molecule has 0 saturated carbocycles. The fourth-order valence-electron chi connectivity index (χ4n) is 9.17.